The van der Waals surface area contributed by atoms with Crippen molar-refractivity contribution in [1.82, 2.24) is 5.32 Å². The summed E-state index contributed by atoms with van der Waals surface area (Å²) in [5.41, 5.74) is 3.14. The lowest BCUT2D eigenvalue weighted by Crippen LogP contribution is -2.49. The van der Waals surface area contributed by atoms with Crippen molar-refractivity contribution in [3.05, 3.63) is 115 Å². The first-order valence-electron chi connectivity index (χ1n) is 7.81. The number of hydrogen-bond acceptors (Lipinski definition) is 2. The molecule has 0 fully saturated rings. The number of benzene rings is 3. The zero-order valence-corrected chi connectivity index (χ0v) is 12.8. The van der Waals surface area contributed by atoms with Crippen LogP contribution in [0, 0.1) is 0 Å². The van der Waals surface area contributed by atoms with Gasteiger partial charge in [0.15, 0.2) is 5.66 Å². The summed E-state index contributed by atoms with van der Waals surface area (Å²) in [4.78, 5) is 2.29. The van der Waals surface area contributed by atoms with Crippen LogP contribution in [0.15, 0.2) is 103 Å². The molecule has 0 aliphatic carbocycles. The van der Waals surface area contributed by atoms with Gasteiger partial charge in [0.1, 0.15) is 0 Å². The van der Waals surface area contributed by atoms with Crippen LogP contribution in [0.2, 0.25) is 0 Å². The lowest BCUT2D eigenvalue weighted by Gasteiger charge is -2.40. The molecule has 1 heterocycles. The van der Waals surface area contributed by atoms with Gasteiger partial charge in [-0.05, 0) is 12.1 Å². The molecule has 0 saturated carbocycles. The molecule has 112 valence electrons. The van der Waals surface area contributed by atoms with E-state index in [0.29, 0.717) is 0 Å². The van der Waals surface area contributed by atoms with Gasteiger partial charge >= 0.3 is 0 Å². The molecule has 1 aliphatic heterocycles. The number of hydrogen-bond donors (Lipinski definition) is 1. The average molecular weight is 298 g/mol. The Hall–Kier alpha value is -3.00. The van der Waals surface area contributed by atoms with E-state index in [1.54, 1.807) is 0 Å². The molecule has 0 amide bonds. The smallest absolute Gasteiger partial charge is 0.167 e. The van der Waals surface area contributed by atoms with Gasteiger partial charge in [-0.25, -0.2) is 0 Å². The number of para-hydroxylation sites is 1. The highest BCUT2D eigenvalue weighted by Crippen LogP contribution is 2.39. The number of anilines is 1. The summed E-state index contributed by atoms with van der Waals surface area (Å²) in [6, 6.07) is 31.6. The van der Waals surface area contributed by atoms with Crippen LogP contribution >= 0.6 is 0 Å². The molecule has 2 nitrogen and oxygen atoms in total. The molecule has 0 saturated heterocycles. The van der Waals surface area contributed by atoms with Crippen molar-refractivity contribution in [2.45, 2.75) is 5.66 Å². The van der Waals surface area contributed by atoms with Gasteiger partial charge in [-0.3, -0.25) is 0 Å². The minimum atomic E-state index is -0.427. The quantitative estimate of drug-likeness (QED) is 0.767. The van der Waals surface area contributed by atoms with Gasteiger partial charge in [-0.1, -0.05) is 78.9 Å². The van der Waals surface area contributed by atoms with E-state index in [1.165, 1.54) is 11.1 Å². The zero-order valence-electron chi connectivity index (χ0n) is 12.8. The Kier molecular flexibility index (Phi) is 3.35. The summed E-state index contributed by atoms with van der Waals surface area (Å²) in [6.45, 7) is 0. The first-order valence-corrected chi connectivity index (χ1v) is 7.81. The van der Waals surface area contributed by atoms with Gasteiger partial charge in [0.25, 0.3) is 0 Å². The lowest BCUT2D eigenvalue weighted by atomic mass is 9.90. The molecule has 0 aromatic heterocycles. The Bertz CT molecular complexity index is 756. The molecule has 2 heteroatoms. The highest BCUT2D eigenvalue weighted by atomic mass is 15.4. The first kappa shape index (κ1) is 13.6. The molecule has 3 aromatic carbocycles. The van der Waals surface area contributed by atoms with Crippen LogP contribution in [0.4, 0.5) is 5.69 Å². The van der Waals surface area contributed by atoms with Crippen molar-refractivity contribution in [3.8, 4) is 0 Å². The molecule has 0 unspecified atom stereocenters. The molecule has 0 atom stereocenters. The van der Waals surface area contributed by atoms with Crippen molar-refractivity contribution < 1.29 is 0 Å². The van der Waals surface area contributed by atoms with E-state index in [4.69, 9.17) is 0 Å². The van der Waals surface area contributed by atoms with Crippen LogP contribution in [-0.2, 0) is 5.66 Å². The fourth-order valence-electron chi connectivity index (χ4n) is 3.25. The average Bonchev–Trinajstić information content (AvgIpc) is 3.10. The minimum Gasteiger partial charge on any atom is -0.360 e. The van der Waals surface area contributed by atoms with Gasteiger partial charge in [-0.2, -0.15) is 0 Å². The Balaban J connectivity index is 1.93. The molecule has 1 aliphatic rings. The SMILES string of the molecule is C1=CN(c2ccccc2)C(c2ccccc2)(c2ccccc2)N1. The minimum absolute atomic E-state index is 0.427. The Morgan fingerprint density at radius 1 is 0.609 bits per heavy atom. The number of nitrogens with zero attached hydrogens (tertiary/aromatic N) is 1. The molecular formula is C21H18N2. The molecule has 0 spiro atoms. The van der Waals surface area contributed by atoms with E-state index < -0.39 is 5.66 Å². The summed E-state index contributed by atoms with van der Waals surface area (Å²) in [5.74, 6) is 0. The predicted molar refractivity (Wildman–Crippen MR) is 94.9 cm³/mol. The van der Waals surface area contributed by atoms with Crippen molar-refractivity contribution in [3.63, 3.8) is 0 Å². The molecule has 0 bridgehead atoms. The monoisotopic (exact) mass is 298 g/mol. The maximum Gasteiger partial charge on any atom is 0.167 e. The van der Waals surface area contributed by atoms with Gasteiger partial charge < -0.3 is 10.2 Å². The second kappa shape index (κ2) is 5.65. The van der Waals surface area contributed by atoms with Crippen molar-refractivity contribution in [2.75, 3.05) is 4.90 Å². The predicted octanol–water partition coefficient (Wildman–Crippen LogP) is 4.47. The summed E-state index contributed by atoms with van der Waals surface area (Å²) in [7, 11) is 0. The van der Waals surface area contributed by atoms with Crippen LogP contribution < -0.4 is 10.2 Å². The topological polar surface area (TPSA) is 15.3 Å². The molecule has 0 radical (unpaired) electrons. The van der Waals surface area contributed by atoms with E-state index in [-0.39, 0.29) is 0 Å². The van der Waals surface area contributed by atoms with Crippen LogP contribution in [0.25, 0.3) is 0 Å². The lowest BCUT2D eigenvalue weighted by molar-refractivity contribution is 0.492. The van der Waals surface area contributed by atoms with E-state index in [0.717, 1.165) is 5.69 Å². The Morgan fingerprint density at radius 3 is 1.61 bits per heavy atom. The van der Waals surface area contributed by atoms with Crippen LogP contribution in [0.3, 0.4) is 0 Å². The van der Waals surface area contributed by atoms with E-state index in [1.807, 2.05) is 12.3 Å². The molecule has 4 rings (SSSR count). The van der Waals surface area contributed by atoms with E-state index >= 15 is 0 Å². The summed E-state index contributed by atoms with van der Waals surface area (Å²) >= 11 is 0. The second-order valence-electron chi connectivity index (χ2n) is 5.61. The fraction of sp³-hybridized carbons (Fsp3) is 0.0476. The normalized spacial score (nSPS) is 15.4. The van der Waals surface area contributed by atoms with Crippen molar-refractivity contribution in [2.24, 2.45) is 0 Å². The maximum atomic E-state index is 3.60. The standard InChI is InChI=1S/C21H18N2/c1-4-10-18(11-5-1)21(19-12-6-2-7-13-19)22-16-17-23(21)20-14-8-3-9-15-20/h1-17,22H. The van der Waals surface area contributed by atoms with Crippen molar-refractivity contribution in [1.29, 1.82) is 0 Å². The number of rotatable bonds is 3. The van der Waals surface area contributed by atoms with Crippen LogP contribution in [0.5, 0.6) is 0 Å². The maximum absolute atomic E-state index is 3.60. The van der Waals surface area contributed by atoms with Gasteiger partial charge in [0.2, 0.25) is 0 Å². The Morgan fingerprint density at radius 2 is 1.09 bits per heavy atom. The molecule has 3 aromatic rings. The third-order valence-corrected chi connectivity index (χ3v) is 4.29. The second-order valence-corrected chi connectivity index (χ2v) is 5.61. The zero-order chi connectivity index (χ0) is 15.5. The highest BCUT2D eigenvalue weighted by molar-refractivity contribution is 5.60. The fourth-order valence-corrected chi connectivity index (χ4v) is 3.25. The van der Waals surface area contributed by atoms with Crippen molar-refractivity contribution >= 4 is 5.69 Å². The Labute approximate surface area is 136 Å². The third kappa shape index (κ3) is 2.20. The summed E-state index contributed by atoms with van der Waals surface area (Å²) in [6.07, 6.45) is 4.13. The number of nitrogens with one attached hydrogen (secondary N) is 1. The molecule has 23 heavy (non-hydrogen) atoms. The summed E-state index contributed by atoms with van der Waals surface area (Å²) in [5, 5.41) is 3.60. The van der Waals surface area contributed by atoms with E-state index in [9.17, 15) is 0 Å². The first-order chi connectivity index (χ1) is 11.4. The largest absolute Gasteiger partial charge is 0.360 e. The molecule has 1 N–H and O–H groups in total. The highest BCUT2D eigenvalue weighted by Gasteiger charge is 2.41. The third-order valence-electron chi connectivity index (χ3n) is 4.29. The van der Waals surface area contributed by atoms with Crippen LogP contribution in [-0.4, -0.2) is 0 Å². The van der Waals surface area contributed by atoms with Gasteiger partial charge in [0.05, 0.1) is 0 Å². The van der Waals surface area contributed by atoms with E-state index in [2.05, 4.69) is 101 Å². The van der Waals surface area contributed by atoms with Gasteiger partial charge in [0, 0.05) is 29.2 Å². The summed E-state index contributed by atoms with van der Waals surface area (Å²) < 4.78 is 0. The van der Waals surface area contributed by atoms with Crippen LogP contribution in [0.1, 0.15) is 11.1 Å². The molecular weight excluding hydrogens is 280 g/mol. The van der Waals surface area contributed by atoms with Gasteiger partial charge in [-0.15, -0.1) is 0 Å².